The second kappa shape index (κ2) is 3.30. The average Bonchev–Trinajstić information content (AvgIpc) is 1.81. The molecule has 0 saturated carbocycles. The van der Waals surface area contributed by atoms with Crippen LogP contribution in [0.3, 0.4) is 0 Å². The summed E-state index contributed by atoms with van der Waals surface area (Å²) in [4.78, 5) is 10.1. The van der Waals surface area contributed by atoms with E-state index in [1.807, 2.05) is 0 Å². The molecule has 0 aromatic rings. The van der Waals surface area contributed by atoms with Crippen molar-refractivity contribution in [3.8, 4) is 0 Å². The highest BCUT2D eigenvalue weighted by molar-refractivity contribution is 5.75. The summed E-state index contributed by atoms with van der Waals surface area (Å²) >= 11 is 0. The first-order valence-electron chi connectivity index (χ1n) is 3.47. The van der Waals surface area contributed by atoms with Gasteiger partial charge >= 0.3 is 12.1 Å². The summed E-state index contributed by atoms with van der Waals surface area (Å²) in [5.41, 5.74) is 0. The molecule has 0 bridgehead atoms. The predicted octanol–water partition coefficient (Wildman–Crippen LogP) is 0.454. The Kier molecular flexibility index (Phi) is 2.56. The third-order valence-electron chi connectivity index (χ3n) is 1.57. The van der Waals surface area contributed by atoms with E-state index in [4.69, 9.17) is 0 Å². The first-order valence-corrected chi connectivity index (χ1v) is 3.47. The van der Waals surface area contributed by atoms with E-state index in [9.17, 15) is 18.0 Å². The van der Waals surface area contributed by atoms with Gasteiger partial charge in [0, 0.05) is 6.04 Å². The lowest BCUT2D eigenvalue weighted by molar-refractivity contribution is -0.200. The third kappa shape index (κ3) is 2.37. The summed E-state index contributed by atoms with van der Waals surface area (Å²) in [6.45, 7) is 0.576. The molecule has 0 aromatic heterocycles. The van der Waals surface area contributed by atoms with Gasteiger partial charge in [0.2, 0.25) is 0 Å². The van der Waals surface area contributed by atoms with Gasteiger partial charge in [-0.25, -0.2) is 4.79 Å². The van der Waals surface area contributed by atoms with E-state index in [2.05, 4.69) is 10.1 Å². The van der Waals surface area contributed by atoms with Crippen LogP contribution >= 0.6 is 0 Å². The smallest absolute Gasteiger partial charge is 0.457 e. The van der Waals surface area contributed by atoms with Crippen molar-refractivity contribution in [2.45, 2.75) is 18.6 Å². The van der Waals surface area contributed by atoms with Crippen LogP contribution in [0.15, 0.2) is 0 Å². The van der Waals surface area contributed by atoms with Gasteiger partial charge in [0.1, 0.15) is 6.61 Å². The van der Waals surface area contributed by atoms with Crippen LogP contribution in [0.5, 0.6) is 0 Å². The number of alkyl halides is 3. The number of hydrogen-bond acceptors (Lipinski definition) is 3. The molecular weight excluding hydrogens is 175 g/mol. The minimum Gasteiger partial charge on any atom is -0.457 e. The number of nitrogens with one attached hydrogen (secondary N) is 1. The van der Waals surface area contributed by atoms with Crippen LogP contribution < -0.4 is 5.32 Å². The Morgan fingerprint density at radius 2 is 2.17 bits per heavy atom. The lowest BCUT2D eigenvalue weighted by Crippen LogP contribution is -2.47. The van der Waals surface area contributed by atoms with Gasteiger partial charge < -0.3 is 10.1 Å². The van der Waals surface area contributed by atoms with Crippen molar-refractivity contribution < 1.29 is 22.7 Å². The van der Waals surface area contributed by atoms with Gasteiger partial charge in [0.05, 0.1) is 0 Å². The van der Waals surface area contributed by atoms with Crippen molar-refractivity contribution in [3.05, 3.63) is 0 Å². The van der Waals surface area contributed by atoms with E-state index < -0.39 is 12.1 Å². The van der Waals surface area contributed by atoms with Crippen LogP contribution in [-0.2, 0) is 9.53 Å². The Morgan fingerprint density at radius 1 is 1.58 bits per heavy atom. The lowest BCUT2D eigenvalue weighted by atomic mass is 10.1. The van der Waals surface area contributed by atoms with Crippen molar-refractivity contribution in [1.29, 1.82) is 0 Å². The maximum atomic E-state index is 11.5. The Bertz CT molecular complexity index is 176. The van der Waals surface area contributed by atoms with Crippen molar-refractivity contribution in [2.24, 2.45) is 0 Å². The first-order chi connectivity index (χ1) is 5.50. The molecular formula is C6H8F3NO2. The SMILES string of the molecule is O=C(OC[C@@H]1CCN1)C(F)(F)F. The van der Waals surface area contributed by atoms with Crippen molar-refractivity contribution >= 4 is 5.97 Å². The first kappa shape index (κ1) is 9.31. The molecule has 1 rings (SSSR count). The summed E-state index contributed by atoms with van der Waals surface area (Å²) in [6.07, 6.45) is -4.12. The summed E-state index contributed by atoms with van der Waals surface area (Å²) in [6, 6.07) is -0.101. The molecule has 6 heteroatoms. The zero-order valence-corrected chi connectivity index (χ0v) is 6.15. The molecule has 70 valence electrons. The average molecular weight is 183 g/mol. The van der Waals surface area contributed by atoms with Gasteiger partial charge in [-0.3, -0.25) is 0 Å². The van der Waals surface area contributed by atoms with Gasteiger partial charge in [-0.05, 0) is 13.0 Å². The van der Waals surface area contributed by atoms with E-state index >= 15 is 0 Å². The van der Waals surface area contributed by atoms with Crippen molar-refractivity contribution in [2.75, 3.05) is 13.2 Å². The quantitative estimate of drug-likeness (QED) is 0.632. The van der Waals surface area contributed by atoms with Gasteiger partial charge in [0.25, 0.3) is 0 Å². The number of esters is 1. The number of halogens is 3. The van der Waals surface area contributed by atoms with E-state index in [0.29, 0.717) is 0 Å². The fraction of sp³-hybridized carbons (Fsp3) is 0.833. The molecule has 0 aliphatic carbocycles. The van der Waals surface area contributed by atoms with Crippen LogP contribution in [0.1, 0.15) is 6.42 Å². The normalized spacial score (nSPS) is 23.1. The molecule has 0 radical (unpaired) electrons. The highest BCUT2D eigenvalue weighted by Gasteiger charge is 2.41. The molecule has 1 aliphatic rings. The molecule has 1 heterocycles. The minimum atomic E-state index is -4.87. The Labute approximate surface area is 66.9 Å². The third-order valence-corrected chi connectivity index (χ3v) is 1.57. The highest BCUT2D eigenvalue weighted by atomic mass is 19.4. The molecule has 0 amide bonds. The molecule has 0 aromatic carbocycles. The predicted molar refractivity (Wildman–Crippen MR) is 33.4 cm³/mol. The minimum absolute atomic E-state index is 0.101. The monoisotopic (exact) mass is 183 g/mol. The lowest BCUT2D eigenvalue weighted by Gasteiger charge is -2.26. The van der Waals surface area contributed by atoms with E-state index in [0.717, 1.165) is 13.0 Å². The number of carbonyl (C=O) groups excluding carboxylic acids is 1. The Morgan fingerprint density at radius 3 is 2.50 bits per heavy atom. The molecule has 0 spiro atoms. The van der Waals surface area contributed by atoms with Crippen LogP contribution in [0, 0.1) is 0 Å². The highest BCUT2D eigenvalue weighted by Crippen LogP contribution is 2.17. The van der Waals surface area contributed by atoms with Gasteiger partial charge in [-0.1, -0.05) is 0 Å². The summed E-state index contributed by atoms with van der Waals surface area (Å²) < 4.78 is 38.6. The van der Waals surface area contributed by atoms with E-state index in [1.54, 1.807) is 0 Å². The van der Waals surface area contributed by atoms with Crippen LogP contribution in [0.25, 0.3) is 0 Å². The molecule has 1 saturated heterocycles. The number of ether oxygens (including phenoxy) is 1. The van der Waals surface area contributed by atoms with Gasteiger partial charge in [0.15, 0.2) is 0 Å². The van der Waals surface area contributed by atoms with Crippen molar-refractivity contribution in [3.63, 3.8) is 0 Å². The Hall–Kier alpha value is -0.780. The standard InChI is InChI=1S/C6H8F3NO2/c7-6(8,9)5(11)12-3-4-1-2-10-4/h4,10H,1-3H2/t4-/m0/s1. The number of rotatable bonds is 2. The van der Waals surface area contributed by atoms with Gasteiger partial charge in [-0.15, -0.1) is 0 Å². The van der Waals surface area contributed by atoms with Crippen LogP contribution in [0.2, 0.25) is 0 Å². The van der Waals surface area contributed by atoms with Crippen LogP contribution in [0.4, 0.5) is 13.2 Å². The topological polar surface area (TPSA) is 38.3 Å². The zero-order valence-electron chi connectivity index (χ0n) is 6.15. The number of hydrogen-bond donors (Lipinski definition) is 1. The number of carbonyl (C=O) groups is 1. The largest absolute Gasteiger partial charge is 0.490 e. The summed E-state index contributed by atoms with van der Waals surface area (Å²) in [5, 5.41) is 2.81. The van der Waals surface area contributed by atoms with E-state index in [-0.39, 0.29) is 12.6 Å². The summed E-state index contributed by atoms with van der Waals surface area (Å²) in [7, 11) is 0. The fourth-order valence-electron chi connectivity index (χ4n) is 0.749. The van der Waals surface area contributed by atoms with Crippen molar-refractivity contribution in [1.82, 2.24) is 5.32 Å². The molecule has 1 N–H and O–H groups in total. The zero-order chi connectivity index (χ0) is 9.19. The van der Waals surface area contributed by atoms with Crippen LogP contribution in [-0.4, -0.2) is 31.3 Å². The molecule has 0 unspecified atom stereocenters. The van der Waals surface area contributed by atoms with E-state index in [1.165, 1.54) is 0 Å². The maximum absolute atomic E-state index is 11.5. The second-order valence-electron chi connectivity index (χ2n) is 2.54. The van der Waals surface area contributed by atoms with Gasteiger partial charge in [-0.2, -0.15) is 13.2 Å². The molecule has 1 fully saturated rings. The molecule has 1 aliphatic heterocycles. The summed E-state index contributed by atoms with van der Waals surface area (Å²) in [5.74, 6) is -2.11. The molecule has 12 heavy (non-hydrogen) atoms. The Balaban J connectivity index is 2.17. The second-order valence-corrected chi connectivity index (χ2v) is 2.54. The molecule has 1 atom stereocenters. The fourth-order valence-corrected chi connectivity index (χ4v) is 0.749. The molecule has 3 nitrogen and oxygen atoms in total. The maximum Gasteiger partial charge on any atom is 0.490 e.